The molecule has 6 aromatic rings. The van der Waals surface area contributed by atoms with Crippen LogP contribution in [0.15, 0.2) is 100 Å². The van der Waals surface area contributed by atoms with Crippen LogP contribution in [0.25, 0.3) is 0 Å². The van der Waals surface area contributed by atoms with Gasteiger partial charge in [0.1, 0.15) is 34.3 Å². The molecular weight excluding hydrogens is 703 g/mol. The third kappa shape index (κ3) is 7.45. The van der Waals surface area contributed by atoms with Crippen LogP contribution in [0.2, 0.25) is 0 Å². The number of nitroso groups, excluding NO2 is 3. The summed E-state index contributed by atoms with van der Waals surface area (Å²) in [6.45, 7) is 15.0. The van der Waals surface area contributed by atoms with Gasteiger partial charge in [-0.3, -0.25) is 0 Å². The molecular formula is C47H45N3O6. The van der Waals surface area contributed by atoms with Crippen molar-refractivity contribution in [2.45, 2.75) is 73.6 Å². The minimum Gasteiger partial charge on any atom is -0.508 e. The lowest BCUT2D eigenvalue weighted by Crippen LogP contribution is -2.10. The Morgan fingerprint density at radius 2 is 0.750 bits per heavy atom. The van der Waals surface area contributed by atoms with Crippen molar-refractivity contribution in [1.29, 1.82) is 0 Å². The first-order valence-electron chi connectivity index (χ1n) is 18.4. The van der Waals surface area contributed by atoms with Crippen LogP contribution in [-0.2, 0) is 6.42 Å². The van der Waals surface area contributed by atoms with E-state index in [-0.39, 0.29) is 22.9 Å². The zero-order chi connectivity index (χ0) is 40.6. The molecule has 0 aliphatic heterocycles. The van der Waals surface area contributed by atoms with E-state index in [9.17, 15) is 30.0 Å². The van der Waals surface area contributed by atoms with Crippen LogP contribution in [0, 0.1) is 70.1 Å². The molecule has 9 heteroatoms. The van der Waals surface area contributed by atoms with E-state index in [1.54, 1.807) is 36.4 Å². The molecule has 56 heavy (non-hydrogen) atoms. The number of phenols is 3. The zero-order valence-electron chi connectivity index (χ0n) is 32.9. The Hall–Kier alpha value is -6.48. The van der Waals surface area contributed by atoms with Gasteiger partial charge in [0.15, 0.2) is 0 Å². The first-order chi connectivity index (χ1) is 26.6. The van der Waals surface area contributed by atoms with Gasteiger partial charge in [-0.25, -0.2) is 0 Å². The molecule has 2 unspecified atom stereocenters. The molecule has 0 saturated carbocycles. The van der Waals surface area contributed by atoms with Crippen molar-refractivity contribution in [3.8, 4) is 17.2 Å². The average molecular weight is 748 g/mol. The van der Waals surface area contributed by atoms with Gasteiger partial charge in [-0.2, -0.15) is 0 Å². The molecule has 0 spiro atoms. The second-order valence-electron chi connectivity index (χ2n) is 15.1. The van der Waals surface area contributed by atoms with Gasteiger partial charge in [0.05, 0.1) is 0 Å². The number of hydrogen-bond donors (Lipinski definition) is 3. The summed E-state index contributed by atoms with van der Waals surface area (Å²) in [5.74, 6) is -0.486. The maximum absolute atomic E-state index is 12.5. The van der Waals surface area contributed by atoms with Gasteiger partial charge in [-0.05, 0) is 197 Å². The Balaban J connectivity index is 1.53. The number of aromatic hydroxyl groups is 3. The fourth-order valence-electron chi connectivity index (χ4n) is 7.95. The molecule has 2 atom stereocenters. The van der Waals surface area contributed by atoms with Gasteiger partial charge in [0, 0.05) is 17.4 Å². The van der Waals surface area contributed by atoms with Crippen molar-refractivity contribution in [3.05, 3.63) is 189 Å². The van der Waals surface area contributed by atoms with Crippen LogP contribution in [0.3, 0.4) is 0 Å². The Bertz CT molecular complexity index is 2560. The van der Waals surface area contributed by atoms with E-state index in [2.05, 4.69) is 15.5 Å². The van der Waals surface area contributed by atoms with E-state index in [0.717, 1.165) is 55.6 Å². The van der Waals surface area contributed by atoms with Gasteiger partial charge in [0.25, 0.3) is 0 Å². The first kappa shape index (κ1) is 39.2. The van der Waals surface area contributed by atoms with Gasteiger partial charge in [-0.1, -0.05) is 48.5 Å². The van der Waals surface area contributed by atoms with Crippen molar-refractivity contribution in [1.82, 2.24) is 0 Å². The summed E-state index contributed by atoms with van der Waals surface area (Å²) in [4.78, 5) is 35.7. The zero-order valence-corrected chi connectivity index (χ0v) is 32.9. The highest BCUT2D eigenvalue weighted by Crippen LogP contribution is 2.45. The lowest BCUT2D eigenvalue weighted by atomic mass is 9.78. The van der Waals surface area contributed by atoms with Crippen LogP contribution in [0.1, 0.15) is 101 Å². The van der Waals surface area contributed by atoms with E-state index in [1.165, 1.54) is 0 Å². The Labute approximate surface area is 326 Å². The van der Waals surface area contributed by atoms with Crippen LogP contribution < -0.4 is 0 Å². The first-order valence-corrected chi connectivity index (χ1v) is 18.4. The molecule has 0 aliphatic rings. The lowest BCUT2D eigenvalue weighted by molar-refractivity contribution is 0.466. The summed E-state index contributed by atoms with van der Waals surface area (Å²) in [5, 5.41) is 42.6. The Morgan fingerprint density at radius 3 is 1.20 bits per heavy atom. The van der Waals surface area contributed by atoms with Gasteiger partial charge < -0.3 is 15.3 Å². The molecule has 0 fully saturated rings. The quantitative estimate of drug-likeness (QED) is 0.0887. The molecule has 3 N–H and O–H groups in total. The normalized spacial score (nSPS) is 12.3. The SMILES string of the molecule is Cc1cc(C(c2cc(C)c(N=O)cc2C)c2cc(Cc3ccc(N=O)c(C(c4cc(C)c(O)cc4C)c4cc(C)c(N=O)cc4C)c3)ccc2O)c(C)cc1O. The van der Waals surface area contributed by atoms with Crippen LogP contribution in [0.4, 0.5) is 17.1 Å². The van der Waals surface area contributed by atoms with Crippen LogP contribution in [-0.4, -0.2) is 15.3 Å². The Morgan fingerprint density at radius 1 is 0.375 bits per heavy atom. The minimum atomic E-state index is -0.475. The van der Waals surface area contributed by atoms with Crippen LogP contribution >= 0.6 is 0 Å². The van der Waals surface area contributed by atoms with E-state index in [4.69, 9.17) is 0 Å². The predicted molar refractivity (Wildman–Crippen MR) is 223 cm³/mol. The van der Waals surface area contributed by atoms with E-state index >= 15 is 0 Å². The fourth-order valence-corrected chi connectivity index (χ4v) is 7.95. The second-order valence-corrected chi connectivity index (χ2v) is 15.1. The molecule has 0 bridgehead atoms. The second kappa shape index (κ2) is 15.7. The van der Waals surface area contributed by atoms with Gasteiger partial charge in [-0.15, -0.1) is 14.7 Å². The number of aryl methyl sites for hydroxylation is 8. The highest BCUT2D eigenvalue weighted by molar-refractivity contribution is 5.64. The van der Waals surface area contributed by atoms with Crippen molar-refractivity contribution in [3.63, 3.8) is 0 Å². The third-order valence-electron chi connectivity index (χ3n) is 11.1. The summed E-state index contributed by atoms with van der Waals surface area (Å²) in [6.07, 6.45) is 0.443. The molecule has 0 heterocycles. The average Bonchev–Trinajstić information content (AvgIpc) is 3.16. The number of benzene rings is 6. The number of hydrogen-bond acceptors (Lipinski definition) is 9. The van der Waals surface area contributed by atoms with Crippen LogP contribution in [0.5, 0.6) is 17.2 Å². The molecule has 0 saturated heterocycles. The van der Waals surface area contributed by atoms with Crippen molar-refractivity contribution < 1.29 is 15.3 Å². The van der Waals surface area contributed by atoms with E-state index < -0.39 is 11.8 Å². The standard InChI is InChI=1S/C47H45N3O6/c1-24-17-41(49-55)28(5)13-34(24)46(36-15-30(7)44(52)19-26(36)3)38-22-32(9-11-40(38)48-54)21-33-10-12-43(51)39(23-33)47(37-16-31(8)45(53)20-27(37)4)35-14-29(6)42(50-56)18-25(35)2/h9-20,22-23,46-47,51-53H,21H2,1-8H3. The summed E-state index contributed by atoms with van der Waals surface area (Å²) in [6, 6.07) is 25.8. The number of rotatable bonds is 11. The highest BCUT2D eigenvalue weighted by atomic mass is 16.3. The predicted octanol–water partition coefficient (Wildman–Crippen LogP) is 12.4. The monoisotopic (exact) mass is 747 g/mol. The van der Waals surface area contributed by atoms with E-state index in [1.807, 2.05) is 104 Å². The summed E-state index contributed by atoms with van der Waals surface area (Å²) in [5.41, 5.74) is 13.7. The summed E-state index contributed by atoms with van der Waals surface area (Å²) in [7, 11) is 0. The molecule has 0 aromatic heterocycles. The molecule has 0 radical (unpaired) electrons. The number of nitrogens with zero attached hydrogens (tertiary/aromatic N) is 3. The molecule has 9 nitrogen and oxygen atoms in total. The molecule has 284 valence electrons. The van der Waals surface area contributed by atoms with Crippen molar-refractivity contribution >= 4 is 17.1 Å². The number of phenolic OH excluding ortho intramolecular Hbond substituents is 3. The summed E-state index contributed by atoms with van der Waals surface area (Å²) >= 11 is 0. The summed E-state index contributed by atoms with van der Waals surface area (Å²) < 4.78 is 0. The molecule has 6 aromatic carbocycles. The molecule has 0 amide bonds. The maximum Gasteiger partial charge on any atom is 0.119 e. The lowest BCUT2D eigenvalue weighted by Gasteiger charge is -2.26. The van der Waals surface area contributed by atoms with Gasteiger partial charge in [0.2, 0.25) is 0 Å². The topological polar surface area (TPSA) is 149 Å². The van der Waals surface area contributed by atoms with Crippen molar-refractivity contribution in [2.75, 3.05) is 0 Å². The van der Waals surface area contributed by atoms with Gasteiger partial charge >= 0.3 is 0 Å². The Kier molecular flexibility index (Phi) is 11.0. The highest BCUT2D eigenvalue weighted by Gasteiger charge is 2.28. The smallest absolute Gasteiger partial charge is 0.119 e. The largest absolute Gasteiger partial charge is 0.508 e. The maximum atomic E-state index is 12.5. The van der Waals surface area contributed by atoms with E-state index in [0.29, 0.717) is 51.2 Å². The molecule has 6 rings (SSSR count). The minimum absolute atomic E-state index is 0.0945. The fraction of sp³-hybridized carbons (Fsp3) is 0.234. The molecule has 0 aliphatic carbocycles. The van der Waals surface area contributed by atoms with Crippen molar-refractivity contribution in [2.24, 2.45) is 15.5 Å². The third-order valence-corrected chi connectivity index (χ3v) is 11.1.